The van der Waals surface area contributed by atoms with E-state index in [1.807, 2.05) is 56.3 Å². The summed E-state index contributed by atoms with van der Waals surface area (Å²) in [6.45, 7) is 6.64. The normalized spacial score (nSPS) is 15.1. The lowest BCUT2D eigenvalue weighted by Gasteiger charge is -2.35. The molecule has 0 bridgehead atoms. The molecule has 0 spiro atoms. The van der Waals surface area contributed by atoms with Crippen molar-refractivity contribution in [3.63, 3.8) is 0 Å². The maximum absolute atomic E-state index is 12.8. The molecule has 0 radical (unpaired) electrons. The van der Waals surface area contributed by atoms with Gasteiger partial charge in [-0.15, -0.1) is 0 Å². The molecule has 1 atom stereocenters. The van der Waals surface area contributed by atoms with E-state index < -0.39 is 0 Å². The molecular formula is C24H32N4O4. The first-order chi connectivity index (χ1) is 15.4. The predicted molar refractivity (Wildman–Crippen MR) is 124 cm³/mol. The van der Waals surface area contributed by atoms with Crippen LogP contribution in [0.25, 0.3) is 0 Å². The number of carbonyl (C=O) groups excluding carboxylic acids is 2. The summed E-state index contributed by atoms with van der Waals surface area (Å²) in [5.74, 6) is 1.35. The van der Waals surface area contributed by atoms with Gasteiger partial charge in [-0.25, -0.2) is 4.79 Å². The number of nitrogens with zero attached hydrogens (tertiary/aromatic N) is 2. The number of amides is 3. The number of rotatable bonds is 7. The lowest BCUT2D eigenvalue weighted by Crippen LogP contribution is -2.53. The SMILES string of the molecule is COc1ccc(OC)c([C@@H](C)NC(=O)N2CCN(CC(=O)Nc3ccc(C)cc3)CC2)c1. The van der Waals surface area contributed by atoms with Gasteiger partial charge < -0.3 is 25.0 Å². The molecule has 0 aliphatic carbocycles. The van der Waals surface area contributed by atoms with Crippen LogP contribution in [0.15, 0.2) is 42.5 Å². The summed E-state index contributed by atoms with van der Waals surface area (Å²) in [5, 5.41) is 5.96. The van der Waals surface area contributed by atoms with Gasteiger partial charge in [-0.3, -0.25) is 9.69 Å². The molecule has 3 amide bonds. The van der Waals surface area contributed by atoms with Gasteiger partial charge in [-0.2, -0.15) is 0 Å². The Bertz CT molecular complexity index is 924. The minimum atomic E-state index is -0.245. The van der Waals surface area contributed by atoms with Gasteiger partial charge in [0, 0.05) is 37.4 Å². The Balaban J connectivity index is 1.48. The van der Waals surface area contributed by atoms with Crippen LogP contribution in [0.1, 0.15) is 24.1 Å². The van der Waals surface area contributed by atoms with Crippen molar-refractivity contribution in [2.45, 2.75) is 19.9 Å². The number of nitrogens with one attached hydrogen (secondary N) is 2. The van der Waals surface area contributed by atoms with E-state index in [9.17, 15) is 9.59 Å². The smallest absolute Gasteiger partial charge is 0.317 e. The quantitative estimate of drug-likeness (QED) is 0.692. The molecule has 0 saturated carbocycles. The summed E-state index contributed by atoms with van der Waals surface area (Å²) in [6, 6.07) is 12.9. The number of anilines is 1. The lowest BCUT2D eigenvalue weighted by molar-refractivity contribution is -0.117. The van der Waals surface area contributed by atoms with Gasteiger partial charge in [-0.1, -0.05) is 17.7 Å². The molecule has 0 aromatic heterocycles. The van der Waals surface area contributed by atoms with Crippen LogP contribution in [0.3, 0.4) is 0 Å². The minimum Gasteiger partial charge on any atom is -0.497 e. The van der Waals surface area contributed by atoms with Crippen LogP contribution in [0.5, 0.6) is 11.5 Å². The Kier molecular flexibility index (Phi) is 7.94. The first-order valence-corrected chi connectivity index (χ1v) is 10.8. The fourth-order valence-corrected chi connectivity index (χ4v) is 3.68. The van der Waals surface area contributed by atoms with Crippen molar-refractivity contribution in [2.75, 3.05) is 52.3 Å². The van der Waals surface area contributed by atoms with Crippen molar-refractivity contribution in [3.05, 3.63) is 53.6 Å². The number of piperazine rings is 1. The number of urea groups is 1. The van der Waals surface area contributed by atoms with Crippen molar-refractivity contribution in [3.8, 4) is 11.5 Å². The monoisotopic (exact) mass is 440 g/mol. The molecule has 0 unspecified atom stereocenters. The number of benzene rings is 2. The van der Waals surface area contributed by atoms with Gasteiger partial charge in [0.15, 0.2) is 0 Å². The highest BCUT2D eigenvalue weighted by atomic mass is 16.5. The van der Waals surface area contributed by atoms with Crippen molar-refractivity contribution in [2.24, 2.45) is 0 Å². The van der Waals surface area contributed by atoms with Gasteiger partial charge in [0.05, 0.1) is 26.8 Å². The zero-order chi connectivity index (χ0) is 23.1. The third-order valence-corrected chi connectivity index (χ3v) is 5.61. The maximum Gasteiger partial charge on any atom is 0.317 e. The van der Waals surface area contributed by atoms with Crippen LogP contribution in [0, 0.1) is 6.92 Å². The minimum absolute atomic E-state index is 0.0505. The molecule has 3 rings (SSSR count). The zero-order valence-electron chi connectivity index (χ0n) is 19.2. The van der Waals surface area contributed by atoms with Gasteiger partial charge in [0.25, 0.3) is 0 Å². The Morgan fingerprint density at radius 2 is 1.69 bits per heavy atom. The zero-order valence-corrected chi connectivity index (χ0v) is 19.2. The molecule has 8 heteroatoms. The first-order valence-electron chi connectivity index (χ1n) is 10.8. The van der Waals surface area contributed by atoms with Crippen molar-refractivity contribution in [1.29, 1.82) is 0 Å². The molecule has 2 aromatic rings. The number of methoxy groups -OCH3 is 2. The van der Waals surface area contributed by atoms with Crippen molar-refractivity contribution in [1.82, 2.24) is 15.1 Å². The number of ether oxygens (including phenoxy) is 2. The van der Waals surface area contributed by atoms with E-state index >= 15 is 0 Å². The molecule has 1 aliphatic heterocycles. The van der Waals surface area contributed by atoms with Crippen LogP contribution < -0.4 is 20.1 Å². The molecule has 32 heavy (non-hydrogen) atoms. The van der Waals surface area contributed by atoms with Crippen molar-refractivity contribution < 1.29 is 19.1 Å². The molecule has 172 valence electrons. The topological polar surface area (TPSA) is 83.1 Å². The summed E-state index contributed by atoms with van der Waals surface area (Å²) in [7, 11) is 3.21. The van der Waals surface area contributed by atoms with Crippen LogP contribution >= 0.6 is 0 Å². The van der Waals surface area contributed by atoms with Gasteiger partial charge in [-0.05, 0) is 44.2 Å². The number of carbonyl (C=O) groups is 2. The van der Waals surface area contributed by atoms with E-state index in [1.54, 1.807) is 19.1 Å². The Morgan fingerprint density at radius 3 is 2.31 bits per heavy atom. The van der Waals surface area contributed by atoms with Gasteiger partial charge in [0.1, 0.15) is 11.5 Å². The Morgan fingerprint density at radius 1 is 1.00 bits per heavy atom. The predicted octanol–water partition coefficient (Wildman–Crippen LogP) is 3.04. The number of hydrogen-bond donors (Lipinski definition) is 2. The van der Waals surface area contributed by atoms with Crippen LogP contribution in [-0.4, -0.2) is 68.7 Å². The number of hydrogen-bond acceptors (Lipinski definition) is 5. The van der Waals surface area contributed by atoms with Crippen LogP contribution in [0.4, 0.5) is 10.5 Å². The highest BCUT2D eigenvalue weighted by Crippen LogP contribution is 2.29. The first kappa shape index (κ1) is 23.4. The summed E-state index contributed by atoms with van der Waals surface area (Å²) in [5.41, 5.74) is 2.80. The molecule has 1 saturated heterocycles. The molecule has 1 aliphatic rings. The lowest BCUT2D eigenvalue weighted by atomic mass is 10.1. The molecular weight excluding hydrogens is 408 g/mol. The number of aryl methyl sites for hydroxylation is 1. The second kappa shape index (κ2) is 10.9. The molecule has 8 nitrogen and oxygen atoms in total. The van der Waals surface area contributed by atoms with Gasteiger partial charge in [0.2, 0.25) is 5.91 Å². The summed E-state index contributed by atoms with van der Waals surface area (Å²) >= 11 is 0. The van der Waals surface area contributed by atoms with Crippen LogP contribution in [0.2, 0.25) is 0 Å². The average Bonchev–Trinajstić information content (AvgIpc) is 2.80. The third kappa shape index (κ3) is 6.13. The Hall–Kier alpha value is -3.26. The second-order valence-corrected chi connectivity index (χ2v) is 7.96. The van der Waals surface area contributed by atoms with E-state index in [0.717, 1.165) is 16.8 Å². The maximum atomic E-state index is 12.8. The Labute approximate surface area is 189 Å². The molecule has 2 aromatic carbocycles. The van der Waals surface area contributed by atoms with E-state index in [0.29, 0.717) is 44.2 Å². The second-order valence-electron chi connectivity index (χ2n) is 7.96. The van der Waals surface area contributed by atoms with E-state index in [4.69, 9.17) is 9.47 Å². The highest BCUT2D eigenvalue weighted by Gasteiger charge is 2.24. The highest BCUT2D eigenvalue weighted by molar-refractivity contribution is 5.92. The largest absolute Gasteiger partial charge is 0.497 e. The standard InChI is InChI=1S/C24H32N4O4/c1-17-5-7-19(8-6-17)26-23(29)16-27-11-13-28(14-12-27)24(30)25-18(2)21-15-20(31-3)9-10-22(21)32-4/h5-10,15,18H,11-14,16H2,1-4H3,(H,25,30)(H,26,29)/t18-/m1/s1. The van der Waals surface area contributed by atoms with Gasteiger partial charge >= 0.3 is 6.03 Å². The van der Waals surface area contributed by atoms with Crippen molar-refractivity contribution >= 4 is 17.6 Å². The molecule has 1 fully saturated rings. The van der Waals surface area contributed by atoms with E-state index in [1.165, 1.54) is 0 Å². The summed E-state index contributed by atoms with van der Waals surface area (Å²) in [4.78, 5) is 28.9. The fourth-order valence-electron chi connectivity index (χ4n) is 3.68. The van der Waals surface area contributed by atoms with E-state index in [2.05, 4.69) is 15.5 Å². The summed E-state index contributed by atoms with van der Waals surface area (Å²) in [6.07, 6.45) is 0. The fraction of sp³-hybridized carbons (Fsp3) is 0.417. The van der Waals surface area contributed by atoms with E-state index in [-0.39, 0.29) is 18.0 Å². The third-order valence-electron chi connectivity index (χ3n) is 5.61. The molecule has 1 heterocycles. The molecule has 2 N–H and O–H groups in total. The average molecular weight is 441 g/mol. The van der Waals surface area contributed by atoms with Crippen LogP contribution in [-0.2, 0) is 4.79 Å². The summed E-state index contributed by atoms with van der Waals surface area (Å²) < 4.78 is 10.7.